The smallest absolute Gasteiger partial charge is 0.271 e. The third-order valence-corrected chi connectivity index (χ3v) is 3.91. The van der Waals surface area contributed by atoms with E-state index in [0.29, 0.717) is 22.6 Å². The van der Waals surface area contributed by atoms with Crippen LogP contribution in [-0.2, 0) is 0 Å². The lowest BCUT2D eigenvalue weighted by atomic mass is 10.1. The Morgan fingerprint density at radius 3 is 2.29 bits per heavy atom. The van der Waals surface area contributed by atoms with Crippen LogP contribution >= 0.6 is 0 Å². The predicted octanol–water partition coefficient (Wildman–Crippen LogP) is 3.71. The van der Waals surface area contributed by atoms with Gasteiger partial charge in [0.15, 0.2) is 0 Å². The maximum absolute atomic E-state index is 12.2. The summed E-state index contributed by atoms with van der Waals surface area (Å²) in [5.41, 5.74) is 4.88. The number of benzene rings is 3. The van der Waals surface area contributed by atoms with E-state index in [9.17, 15) is 9.59 Å². The van der Waals surface area contributed by atoms with Crippen molar-refractivity contribution in [2.75, 3.05) is 12.4 Å². The van der Waals surface area contributed by atoms with E-state index in [1.54, 1.807) is 61.7 Å². The lowest BCUT2D eigenvalue weighted by Crippen LogP contribution is -2.17. The third-order valence-electron chi connectivity index (χ3n) is 3.91. The molecule has 0 saturated carbocycles. The number of carbonyl (C=O) groups excluding carboxylic acids is 2. The van der Waals surface area contributed by atoms with E-state index in [1.165, 1.54) is 6.21 Å². The SMILES string of the molecule is COc1cccc(/C=N\NC(=O)c2ccc(NC(=O)c3ccccc3)cc2)c1. The average molecular weight is 373 g/mol. The first-order valence-corrected chi connectivity index (χ1v) is 8.59. The number of hydrogen-bond acceptors (Lipinski definition) is 4. The fourth-order valence-electron chi connectivity index (χ4n) is 2.45. The second-order valence-electron chi connectivity index (χ2n) is 5.87. The molecule has 0 aromatic heterocycles. The molecule has 6 nitrogen and oxygen atoms in total. The molecule has 2 N–H and O–H groups in total. The maximum atomic E-state index is 12.2. The van der Waals surface area contributed by atoms with Gasteiger partial charge >= 0.3 is 0 Å². The number of hydrogen-bond donors (Lipinski definition) is 2. The standard InChI is InChI=1S/C22H19N3O3/c1-28-20-9-5-6-16(14-20)15-23-25-22(27)18-10-12-19(13-11-18)24-21(26)17-7-3-2-4-8-17/h2-15H,1H3,(H,24,26)(H,25,27)/b23-15-. The molecule has 2 amide bonds. The molecular formula is C22H19N3O3. The Hall–Kier alpha value is -3.93. The van der Waals surface area contributed by atoms with Crippen LogP contribution in [0, 0.1) is 0 Å². The fourth-order valence-corrected chi connectivity index (χ4v) is 2.45. The zero-order valence-electron chi connectivity index (χ0n) is 15.3. The minimum Gasteiger partial charge on any atom is -0.497 e. The number of methoxy groups -OCH3 is 1. The van der Waals surface area contributed by atoms with Crippen molar-refractivity contribution in [1.29, 1.82) is 0 Å². The molecule has 3 aromatic carbocycles. The fraction of sp³-hybridized carbons (Fsp3) is 0.0455. The van der Waals surface area contributed by atoms with Crippen LogP contribution < -0.4 is 15.5 Å². The number of rotatable bonds is 6. The molecule has 0 heterocycles. The summed E-state index contributed by atoms with van der Waals surface area (Å²) < 4.78 is 5.14. The molecule has 0 bridgehead atoms. The molecule has 140 valence electrons. The highest BCUT2D eigenvalue weighted by molar-refractivity contribution is 6.04. The first kappa shape index (κ1) is 18.8. The Labute approximate surface area is 162 Å². The van der Waals surface area contributed by atoms with Gasteiger partial charge in [0.05, 0.1) is 13.3 Å². The summed E-state index contributed by atoms with van der Waals surface area (Å²) in [5.74, 6) is 0.157. The molecule has 0 saturated heterocycles. The van der Waals surface area contributed by atoms with Crippen molar-refractivity contribution < 1.29 is 14.3 Å². The Kier molecular flexibility index (Phi) is 6.15. The molecule has 0 fully saturated rings. The van der Waals surface area contributed by atoms with Crippen molar-refractivity contribution >= 4 is 23.7 Å². The van der Waals surface area contributed by atoms with Gasteiger partial charge in [0.25, 0.3) is 11.8 Å². The van der Waals surface area contributed by atoms with E-state index in [-0.39, 0.29) is 11.8 Å². The summed E-state index contributed by atoms with van der Waals surface area (Å²) in [6.45, 7) is 0. The van der Waals surface area contributed by atoms with Crippen LogP contribution in [0.15, 0.2) is 84.0 Å². The highest BCUT2D eigenvalue weighted by Crippen LogP contribution is 2.12. The highest BCUT2D eigenvalue weighted by atomic mass is 16.5. The van der Waals surface area contributed by atoms with Gasteiger partial charge in [-0.3, -0.25) is 9.59 Å². The molecule has 0 aliphatic carbocycles. The van der Waals surface area contributed by atoms with Crippen LogP contribution in [0.5, 0.6) is 5.75 Å². The first-order valence-electron chi connectivity index (χ1n) is 8.59. The van der Waals surface area contributed by atoms with Gasteiger partial charge in [-0.2, -0.15) is 5.10 Å². The second kappa shape index (κ2) is 9.14. The van der Waals surface area contributed by atoms with Crippen LogP contribution in [-0.4, -0.2) is 25.1 Å². The zero-order valence-corrected chi connectivity index (χ0v) is 15.3. The largest absolute Gasteiger partial charge is 0.497 e. The Morgan fingerprint density at radius 2 is 1.57 bits per heavy atom. The molecule has 0 atom stereocenters. The van der Waals surface area contributed by atoms with Gasteiger partial charge in [0, 0.05) is 16.8 Å². The number of carbonyl (C=O) groups is 2. The van der Waals surface area contributed by atoms with Gasteiger partial charge < -0.3 is 10.1 Å². The van der Waals surface area contributed by atoms with Gasteiger partial charge in [0.2, 0.25) is 0 Å². The highest BCUT2D eigenvalue weighted by Gasteiger charge is 2.07. The van der Waals surface area contributed by atoms with Crippen molar-refractivity contribution in [3.8, 4) is 5.75 Å². The topological polar surface area (TPSA) is 79.8 Å². The van der Waals surface area contributed by atoms with E-state index >= 15 is 0 Å². The third kappa shape index (κ3) is 5.04. The van der Waals surface area contributed by atoms with Crippen molar-refractivity contribution in [3.05, 3.63) is 95.6 Å². The molecule has 3 aromatic rings. The van der Waals surface area contributed by atoms with Gasteiger partial charge in [-0.15, -0.1) is 0 Å². The van der Waals surface area contributed by atoms with E-state index in [0.717, 1.165) is 5.56 Å². The molecule has 0 unspecified atom stereocenters. The molecule has 3 rings (SSSR count). The van der Waals surface area contributed by atoms with Crippen molar-refractivity contribution in [2.24, 2.45) is 5.10 Å². The second-order valence-corrected chi connectivity index (χ2v) is 5.87. The van der Waals surface area contributed by atoms with Crippen LogP contribution in [0.3, 0.4) is 0 Å². The molecule has 0 radical (unpaired) electrons. The molecular weight excluding hydrogens is 354 g/mol. The normalized spacial score (nSPS) is 10.5. The molecule has 0 aliphatic heterocycles. The summed E-state index contributed by atoms with van der Waals surface area (Å²) in [7, 11) is 1.59. The molecule has 0 aliphatic rings. The minimum atomic E-state index is -0.347. The average Bonchev–Trinajstić information content (AvgIpc) is 2.75. The predicted molar refractivity (Wildman–Crippen MR) is 109 cm³/mol. The number of anilines is 1. The lowest BCUT2D eigenvalue weighted by Gasteiger charge is -2.06. The van der Waals surface area contributed by atoms with Gasteiger partial charge in [-0.25, -0.2) is 5.43 Å². The van der Waals surface area contributed by atoms with Gasteiger partial charge in [-0.05, 0) is 54.1 Å². The summed E-state index contributed by atoms with van der Waals surface area (Å²) in [6, 6.07) is 22.8. The first-order chi connectivity index (χ1) is 13.7. The molecule has 28 heavy (non-hydrogen) atoms. The van der Waals surface area contributed by atoms with Crippen LogP contribution in [0.4, 0.5) is 5.69 Å². The zero-order chi connectivity index (χ0) is 19.8. The van der Waals surface area contributed by atoms with Gasteiger partial charge in [0.1, 0.15) is 5.75 Å². The molecule has 6 heteroatoms. The summed E-state index contributed by atoms with van der Waals surface area (Å²) in [5, 5.41) is 6.74. The van der Waals surface area contributed by atoms with E-state index in [4.69, 9.17) is 4.74 Å². The Bertz CT molecular complexity index is 983. The quantitative estimate of drug-likeness (QED) is 0.511. The number of nitrogens with one attached hydrogen (secondary N) is 2. The minimum absolute atomic E-state index is 0.208. The van der Waals surface area contributed by atoms with Crippen LogP contribution in [0.25, 0.3) is 0 Å². The van der Waals surface area contributed by atoms with Crippen LogP contribution in [0.1, 0.15) is 26.3 Å². The number of nitrogens with zero attached hydrogens (tertiary/aromatic N) is 1. The summed E-state index contributed by atoms with van der Waals surface area (Å²) in [6.07, 6.45) is 1.54. The van der Waals surface area contributed by atoms with Crippen LogP contribution in [0.2, 0.25) is 0 Å². The Morgan fingerprint density at radius 1 is 0.857 bits per heavy atom. The Balaban J connectivity index is 1.57. The van der Waals surface area contributed by atoms with Gasteiger partial charge in [-0.1, -0.05) is 30.3 Å². The monoisotopic (exact) mass is 373 g/mol. The number of ether oxygens (including phenoxy) is 1. The number of amides is 2. The van der Waals surface area contributed by atoms with E-state index < -0.39 is 0 Å². The summed E-state index contributed by atoms with van der Waals surface area (Å²) in [4.78, 5) is 24.3. The number of hydrazone groups is 1. The molecule has 0 spiro atoms. The lowest BCUT2D eigenvalue weighted by molar-refractivity contribution is 0.0954. The van der Waals surface area contributed by atoms with Crippen molar-refractivity contribution in [1.82, 2.24) is 5.43 Å². The summed E-state index contributed by atoms with van der Waals surface area (Å²) >= 11 is 0. The maximum Gasteiger partial charge on any atom is 0.271 e. The van der Waals surface area contributed by atoms with E-state index in [1.807, 2.05) is 24.3 Å². The van der Waals surface area contributed by atoms with Crippen molar-refractivity contribution in [2.45, 2.75) is 0 Å². The van der Waals surface area contributed by atoms with Crippen molar-refractivity contribution in [3.63, 3.8) is 0 Å². The van der Waals surface area contributed by atoms with E-state index in [2.05, 4.69) is 15.8 Å².